The molecular weight excluding hydrogens is 414 g/mol. The second-order valence-electron chi connectivity index (χ2n) is 7.29. The predicted octanol–water partition coefficient (Wildman–Crippen LogP) is 4.39. The molecule has 0 saturated carbocycles. The van der Waals surface area contributed by atoms with Crippen LogP contribution in [0.15, 0.2) is 42.5 Å². The first kappa shape index (κ1) is 20.9. The van der Waals surface area contributed by atoms with E-state index in [0.717, 1.165) is 22.6 Å². The van der Waals surface area contributed by atoms with Crippen LogP contribution in [0.3, 0.4) is 0 Å². The zero-order valence-electron chi connectivity index (χ0n) is 17.5. The quantitative estimate of drug-likeness (QED) is 0.597. The van der Waals surface area contributed by atoms with Gasteiger partial charge in [0.2, 0.25) is 5.91 Å². The van der Waals surface area contributed by atoms with Crippen LogP contribution in [0.4, 0.5) is 10.8 Å². The topological polar surface area (TPSA) is 89.6 Å². The Hall–Kier alpha value is -3.39. The molecule has 0 bridgehead atoms. The standard InChI is InChI=1S/C23H23N3O4S/c1-13-4-6-14(7-5-13)21(27)26-23-25-20-16(9-11-19(20)31-23)22(28)24-17-10-8-15(29-2)12-18(17)30-3/h4-8,10,12,16H,9,11H2,1-3H3,(H,24,28)(H,25,26,27)/t16-/m1/s1. The minimum atomic E-state index is -0.372. The van der Waals surface area contributed by atoms with E-state index in [9.17, 15) is 9.59 Å². The average molecular weight is 438 g/mol. The number of methoxy groups -OCH3 is 2. The fourth-order valence-corrected chi connectivity index (χ4v) is 4.57. The third-order valence-electron chi connectivity index (χ3n) is 5.23. The fraction of sp³-hybridized carbons (Fsp3) is 0.261. The van der Waals surface area contributed by atoms with E-state index in [2.05, 4.69) is 15.6 Å². The molecule has 0 saturated heterocycles. The summed E-state index contributed by atoms with van der Waals surface area (Å²) in [4.78, 5) is 31.0. The Kier molecular flexibility index (Phi) is 5.90. The van der Waals surface area contributed by atoms with Crippen LogP contribution in [0.5, 0.6) is 11.5 Å². The molecule has 2 N–H and O–H groups in total. The number of hydrogen-bond acceptors (Lipinski definition) is 6. The molecule has 7 nitrogen and oxygen atoms in total. The molecule has 1 aromatic heterocycles. The van der Waals surface area contributed by atoms with E-state index < -0.39 is 0 Å². The molecule has 0 fully saturated rings. The minimum Gasteiger partial charge on any atom is -0.497 e. The highest BCUT2D eigenvalue weighted by atomic mass is 32.1. The Morgan fingerprint density at radius 2 is 1.84 bits per heavy atom. The monoisotopic (exact) mass is 437 g/mol. The predicted molar refractivity (Wildman–Crippen MR) is 120 cm³/mol. The summed E-state index contributed by atoms with van der Waals surface area (Å²) in [5, 5.41) is 6.29. The highest BCUT2D eigenvalue weighted by Crippen LogP contribution is 2.39. The maximum absolute atomic E-state index is 13.0. The van der Waals surface area contributed by atoms with Crippen molar-refractivity contribution < 1.29 is 19.1 Å². The lowest BCUT2D eigenvalue weighted by Gasteiger charge is -2.14. The third kappa shape index (κ3) is 4.39. The van der Waals surface area contributed by atoms with Crippen molar-refractivity contribution in [2.45, 2.75) is 25.7 Å². The molecule has 4 rings (SSSR count). The van der Waals surface area contributed by atoms with Crippen LogP contribution in [0, 0.1) is 6.92 Å². The number of carbonyl (C=O) groups excluding carboxylic acids is 2. The van der Waals surface area contributed by atoms with Gasteiger partial charge in [-0.2, -0.15) is 0 Å². The van der Waals surface area contributed by atoms with Crippen LogP contribution in [0.2, 0.25) is 0 Å². The van der Waals surface area contributed by atoms with Gasteiger partial charge in [0.1, 0.15) is 11.5 Å². The second-order valence-corrected chi connectivity index (χ2v) is 8.38. The van der Waals surface area contributed by atoms with E-state index in [4.69, 9.17) is 9.47 Å². The van der Waals surface area contributed by atoms with Crippen molar-refractivity contribution in [1.29, 1.82) is 0 Å². The number of nitrogens with zero attached hydrogens (tertiary/aromatic N) is 1. The van der Waals surface area contributed by atoms with Gasteiger partial charge in [-0.1, -0.05) is 17.7 Å². The van der Waals surface area contributed by atoms with Gasteiger partial charge in [0.15, 0.2) is 5.13 Å². The fourth-order valence-electron chi connectivity index (χ4n) is 3.53. The zero-order valence-corrected chi connectivity index (χ0v) is 18.3. The molecule has 2 amide bonds. The van der Waals surface area contributed by atoms with E-state index in [-0.39, 0.29) is 17.7 Å². The number of aromatic nitrogens is 1. The first-order valence-electron chi connectivity index (χ1n) is 9.89. The lowest BCUT2D eigenvalue weighted by molar-refractivity contribution is -0.117. The van der Waals surface area contributed by atoms with Crippen LogP contribution in [-0.4, -0.2) is 31.0 Å². The van der Waals surface area contributed by atoms with Crippen LogP contribution >= 0.6 is 11.3 Å². The molecule has 1 aliphatic rings. The van der Waals surface area contributed by atoms with Crippen LogP contribution in [0.25, 0.3) is 0 Å². The molecule has 0 radical (unpaired) electrons. The smallest absolute Gasteiger partial charge is 0.257 e. The second kappa shape index (κ2) is 8.77. The summed E-state index contributed by atoms with van der Waals surface area (Å²) in [7, 11) is 3.12. The van der Waals surface area contributed by atoms with Crippen molar-refractivity contribution in [2.75, 3.05) is 24.9 Å². The number of thiazole rings is 1. The molecule has 0 aliphatic heterocycles. The van der Waals surface area contributed by atoms with Gasteiger partial charge >= 0.3 is 0 Å². The SMILES string of the molecule is COc1ccc(NC(=O)[C@@H]2CCc3sc(NC(=O)c4ccc(C)cc4)nc32)c(OC)c1. The number of ether oxygens (including phenoxy) is 2. The number of fused-ring (bicyclic) bond motifs is 1. The first-order chi connectivity index (χ1) is 15.0. The Morgan fingerprint density at radius 1 is 1.06 bits per heavy atom. The van der Waals surface area contributed by atoms with E-state index in [1.54, 1.807) is 44.6 Å². The highest BCUT2D eigenvalue weighted by molar-refractivity contribution is 7.16. The molecule has 8 heteroatoms. The van der Waals surface area contributed by atoms with E-state index >= 15 is 0 Å². The van der Waals surface area contributed by atoms with Gasteiger partial charge < -0.3 is 14.8 Å². The van der Waals surface area contributed by atoms with Gasteiger partial charge in [-0.15, -0.1) is 11.3 Å². The summed E-state index contributed by atoms with van der Waals surface area (Å²) >= 11 is 1.42. The molecule has 0 spiro atoms. The van der Waals surface area contributed by atoms with Gasteiger partial charge in [0, 0.05) is 16.5 Å². The van der Waals surface area contributed by atoms with Crippen molar-refractivity contribution in [2.24, 2.45) is 0 Å². The molecule has 31 heavy (non-hydrogen) atoms. The lowest BCUT2D eigenvalue weighted by atomic mass is 10.1. The van der Waals surface area contributed by atoms with Crippen LogP contribution in [0.1, 0.15) is 38.8 Å². The largest absolute Gasteiger partial charge is 0.497 e. The van der Waals surface area contributed by atoms with E-state index in [1.807, 2.05) is 19.1 Å². The van der Waals surface area contributed by atoms with E-state index in [0.29, 0.717) is 34.3 Å². The van der Waals surface area contributed by atoms with Crippen molar-refractivity contribution >= 4 is 34.0 Å². The molecule has 160 valence electrons. The molecular formula is C23H23N3O4S. The van der Waals surface area contributed by atoms with Gasteiger partial charge in [-0.3, -0.25) is 14.9 Å². The summed E-state index contributed by atoms with van der Waals surface area (Å²) in [6, 6.07) is 12.6. The molecule has 1 atom stereocenters. The first-order valence-corrected chi connectivity index (χ1v) is 10.7. The van der Waals surface area contributed by atoms with Gasteiger partial charge in [0.25, 0.3) is 5.91 Å². The molecule has 3 aromatic rings. The number of nitrogens with one attached hydrogen (secondary N) is 2. The van der Waals surface area contributed by atoms with Crippen molar-refractivity contribution in [3.8, 4) is 11.5 Å². The summed E-state index contributed by atoms with van der Waals surface area (Å²) < 4.78 is 10.6. The lowest BCUT2D eigenvalue weighted by Crippen LogP contribution is -2.20. The molecule has 1 heterocycles. The number of amides is 2. The highest BCUT2D eigenvalue weighted by Gasteiger charge is 2.33. The van der Waals surface area contributed by atoms with Crippen molar-refractivity contribution in [1.82, 2.24) is 4.98 Å². The number of benzene rings is 2. The number of carbonyl (C=O) groups is 2. The van der Waals surface area contributed by atoms with Gasteiger partial charge in [-0.05, 0) is 44.0 Å². The normalized spacial score (nSPS) is 14.6. The maximum Gasteiger partial charge on any atom is 0.257 e. The Balaban J connectivity index is 1.47. The summed E-state index contributed by atoms with van der Waals surface area (Å²) in [6.45, 7) is 1.97. The minimum absolute atomic E-state index is 0.149. The summed E-state index contributed by atoms with van der Waals surface area (Å²) in [5.74, 6) is 0.435. The number of rotatable bonds is 6. The Labute approximate surface area is 184 Å². The van der Waals surface area contributed by atoms with Crippen LogP contribution in [-0.2, 0) is 11.2 Å². The number of hydrogen-bond donors (Lipinski definition) is 2. The molecule has 1 aliphatic carbocycles. The summed E-state index contributed by atoms with van der Waals surface area (Å²) in [5.41, 5.74) is 2.97. The number of anilines is 2. The molecule has 2 aromatic carbocycles. The Morgan fingerprint density at radius 3 is 2.55 bits per heavy atom. The third-order valence-corrected chi connectivity index (χ3v) is 6.28. The summed E-state index contributed by atoms with van der Waals surface area (Å²) in [6.07, 6.45) is 1.44. The van der Waals surface area contributed by atoms with Crippen LogP contribution < -0.4 is 20.1 Å². The van der Waals surface area contributed by atoms with E-state index in [1.165, 1.54) is 11.3 Å². The van der Waals surface area contributed by atoms with Gasteiger partial charge in [0.05, 0.1) is 31.5 Å². The maximum atomic E-state index is 13.0. The average Bonchev–Trinajstić information content (AvgIpc) is 3.34. The van der Waals surface area contributed by atoms with Gasteiger partial charge in [-0.25, -0.2) is 4.98 Å². The number of aryl methyl sites for hydroxylation is 2. The Bertz CT molecular complexity index is 1120. The van der Waals surface area contributed by atoms with Crippen molar-refractivity contribution in [3.63, 3.8) is 0 Å². The van der Waals surface area contributed by atoms with Crippen molar-refractivity contribution in [3.05, 3.63) is 64.2 Å². The zero-order chi connectivity index (χ0) is 22.0. The molecule has 0 unspecified atom stereocenters.